The van der Waals surface area contributed by atoms with Gasteiger partial charge in [0.25, 0.3) is 5.91 Å². The molecule has 1 aromatic heterocycles. The van der Waals surface area contributed by atoms with Gasteiger partial charge in [-0.2, -0.15) is 0 Å². The van der Waals surface area contributed by atoms with Gasteiger partial charge in [0.1, 0.15) is 4.88 Å². The van der Waals surface area contributed by atoms with Gasteiger partial charge >= 0.3 is 0 Å². The largest absolute Gasteiger partial charge is 0.321 e. The predicted molar refractivity (Wildman–Crippen MR) is 78.5 cm³/mol. The van der Waals surface area contributed by atoms with Crippen LogP contribution in [0.25, 0.3) is 0 Å². The summed E-state index contributed by atoms with van der Waals surface area (Å²) in [5.74, 6) is -0.301. The first-order valence-electron chi connectivity index (χ1n) is 5.65. The Morgan fingerprint density at radius 1 is 1.32 bits per heavy atom. The van der Waals surface area contributed by atoms with Gasteiger partial charge in [-0.3, -0.25) is 9.59 Å². The summed E-state index contributed by atoms with van der Waals surface area (Å²) < 4.78 is 0. The van der Waals surface area contributed by atoms with Gasteiger partial charge in [0.15, 0.2) is 5.78 Å². The third-order valence-electron chi connectivity index (χ3n) is 2.63. The molecule has 0 aliphatic heterocycles. The third kappa shape index (κ3) is 3.03. The molecule has 2 rings (SSSR count). The van der Waals surface area contributed by atoms with Crippen molar-refractivity contribution < 1.29 is 9.59 Å². The van der Waals surface area contributed by atoms with E-state index in [1.54, 1.807) is 24.3 Å². The fourth-order valence-corrected chi connectivity index (χ4v) is 2.76. The lowest BCUT2D eigenvalue weighted by atomic mass is 10.1. The van der Waals surface area contributed by atoms with Crippen molar-refractivity contribution in [3.05, 3.63) is 50.7 Å². The quantitative estimate of drug-likeness (QED) is 0.864. The zero-order valence-corrected chi connectivity index (χ0v) is 12.1. The summed E-state index contributed by atoms with van der Waals surface area (Å²) in [5, 5.41) is 5.06. The number of benzene rings is 1. The molecule has 19 heavy (non-hydrogen) atoms. The molecule has 0 aliphatic rings. The molecule has 3 nitrogen and oxygen atoms in total. The molecule has 1 heterocycles. The van der Waals surface area contributed by atoms with E-state index in [1.807, 2.05) is 12.3 Å². The van der Waals surface area contributed by atoms with Crippen LogP contribution in [0, 0.1) is 6.92 Å². The van der Waals surface area contributed by atoms with Crippen LogP contribution in [0.4, 0.5) is 5.69 Å². The topological polar surface area (TPSA) is 46.2 Å². The van der Waals surface area contributed by atoms with Gasteiger partial charge in [-0.1, -0.05) is 23.7 Å². The minimum atomic E-state index is -0.260. The Balaban J connectivity index is 2.22. The van der Waals surface area contributed by atoms with E-state index in [0.29, 0.717) is 21.2 Å². The Bertz CT molecular complexity index is 649. The van der Waals surface area contributed by atoms with Crippen molar-refractivity contribution in [1.29, 1.82) is 0 Å². The van der Waals surface area contributed by atoms with Crippen molar-refractivity contribution in [2.75, 3.05) is 5.32 Å². The molecule has 2 aromatic rings. The summed E-state index contributed by atoms with van der Waals surface area (Å²) in [6, 6.07) is 6.82. The maximum Gasteiger partial charge on any atom is 0.267 e. The number of thiophene rings is 1. The van der Waals surface area contributed by atoms with Crippen LogP contribution in [0.2, 0.25) is 5.02 Å². The summed E-state index contributed by atoms with van der Waals surface area (Å²) in [7, 11) is 0. The van der Waals surface area contributed by atoms with Crippen molar-refractivity contribution in [3.63, 3.8) is 0 Å². The smallest absolute Gasteiger partial charge is 0.267 e. The van der Waals surface area contributed by atoms with E-state index in [0.717, 1.165) is 5.56 Å². The van der Waals surface area contributed by atoms with Gasteiger partial charge < -0.3 is 5.32 Å². The Labute approximate surface area is 120 Å². The zero-order chi connectivity index (χ0) is 14.0. The predicted octanol–water partition coefficient (Wildman–Crippen LogP) is 4.16. The van der Waals surface area contributed by atoms with Crippen LogP contribution >= 0.6 is 22.9 Å². The lowest BCUT2D eigenvalue weighted by Crippen LogP contribution is -2.11. The summed E-state index contributed by atoms with van der Waals surface area (Å²) in [6.45, 7) is 3.34. The van der Waals surface area contributed by atoms with E-state index < -0.39 is 0 Å². The maximum absolute atomic E-state index is 12.1. The van der Waals surface area contributed by atoms with Gasteiger partial charge in [0.2, 0.25) is 0 Å². The molecule has 1 N–H and O–H groups in total. The number of nitrogens with one attached hydrogen (secondary N) is 1. The fraction of sp³-hybridized carbons (Fsp3) is 0.143. The first-order chi connectivity index (χ1) is 8.99. The minimum Gasteiger partial charge on any atom is -0.321 e. The van der Waals surface area contributed by atoms with Crippen LogP contribution in [-0.2, 0) is 0 Å². The van der Waals surface area contributed by atoms with Crippen molar-refractivity contribution in [2.24, 2.45) is 0 Å². The lowest BCUT2D eigenvalue weighted by Gasteiger charge is -2.05. The number of rotatable bonds is 3. The number of amides is 1. The van der Waals surface area contributed by atoms with Gasteiger partial charge in [0, 0.05) is 11.3 Å². The van der Waals surface area contributed by atoms with Crippen molar-refractivity contribution in [3.8, 4) is 0 Å². The number of hydrogen-bond donors (Lipinski definition) is 1. The molecule has 5 heteroatoms. The van der Waals surface area contributed by atoms with Gasteiger partial charge in [0.05, 0.1) is 5.02 Å². The second-order valence-electron chi connectivity index (χ2n) is 4.15. The van der Waals surface area contributed by atoms with Crippen LogP contribution in [-0.4, -0.2) is 11.7 Å². The van der Waals surface area contributed by atoms with Crippen LogP contribution < -0.4 is 5.32 Å². The molecular weight excluding hydrogens is 282 g/mol. The van der Waals surface area contributed by atoms with Gasteiger partial charge in [-0.05, 0) is 36.9 Å². The van der Waals surface area contributed by atoms with E-state index >= 15 is 0 Å². The second-order valence-corrected chi connectivity index (χ2v) is 5.41. The van der Waals surface area contributed by atoms with Crippen molar-refractivity contribution in [2.45, 2.75) is 13.8 Å². The zero-order valence-electron chi connectivity index (χ0n) is 10.5. The Morgan fingerprint density at radius 2 is 2.05 bits per heavy atom. The monoisotopic (exact) mass is 293 g/mol. The number of carbonyl (C=O) groups excluding carboxylic acids is 2. The first kappa shape index (κ1) is 13.8. The first-order valence-corrected chi connectivity index (χ1v) is 6.90. The standard InChI is InChI=1S/C14H12ClNO2S/c1-8-7-19-13(12(8)15)14(18)16-11-5-3-4-10(6-11)9(2)17/h3-7H,1-2H3,(H,16,18). The molecule has 0 saturated heterocycles. The minimum absolute atomic E-state index is 0.0406. The second kappa shape index (κ2) is 5.55. The van der Waals surface area contributed by atoms with Crippen molar-refractivity contribution >= 4 is 40.3 Å². The van der Waals surface area contributed by atoms with Gasteiger partial charge in [-0.25, -0.2) is 0 Å². The number of hydrogen-bond acceptors (Lipinski definition) is 3. The molecule has 0 fully saturated rings. The van der Waals surface area contributed by atoms with Crippen LogP contribution in [0.15, 0.2) is 29.6 Å². The molecule has 0 atom stereocenters. The summed E-state index contributed by atoms with van der Waals surface area (Å²) >= 11 is 7.35. The number of halogens is 1. The Kier molecular flexibility index (Phi) is 4.02. The van der Waals surface area contributed by atoms with Crippen LogP contribution in [0.3, 0.4) is 0 Å². The SMILES string of the molecule is CC(=O)c1cccc(NC(=O)c2scc(C)c2Cl)c1. The highest BCUT2D eigenvalue weighted by Gasteiger charge is 2.15. The number of Topliss-reactive ketones (excluding diaryl/α,β-unsaturated/α-hetero) is 1. The number of aryl methyl sites for hydroxylation is 1. The van der Waals surface area contributed by atoms with E-state index in [4.69, 9.17) is 11.6 Å². The van der Waals surface area contributed by atoms with E-state index in [-0.39, 0.29) is 11.7 Å². The Morgan fingerprint density at radius 3 is 2.63 bits per heavy atom. The molecular formula is C14H12ClNO2S. The molecule has 0 aliphatic carbocycles. The molecule has 0 radical (unpaired) electrons. The summed E-state index contributed by atoms with van der Waals surface area (Å²) in [5.41, 5.74) is 2.03. The van der Waals surface area contributed by atoms with Crippen LogP contribution in [0.5, 0.6) is 0 Å². The average molecular weight is 294 g/mol. The lowest BCUT2D eigenvalue weighted by molar-refractivity contribution is 0.101. The van der Waals surface area contributed by atoms with E-state index in [2.05, 4.69) is 5.32 Å². The molecule has 1 amide bonds. The Hall–Kier alpha value is -1.65. The summed E-state index contributed by atoms with van der Waals surface area (Å²) in [6.07, 6.45) is 0. The number of ketones is 1. The molecule has 0 unspecified atom stereocenters. The van der Waals surface area contributed by atoms with Crippen molar-refractivity contribution in [1.82, 2.24) is 0 Å². The highest BCUT2D eigenvalue weighted by Crippen LogP contribution is 2.27. The highest BCUT2D eigenvalue weighted by molar-refractivity contribution is 7.13. The normalized spacial score (nSPS) is 10.3. The molecule has 98 valence electrons. The molecule has 1 aromatic carbocycles. The molecule has 0 bridgehead atoms. The number of carbonyl (C=O) groups is 2. The van der Waals surface area contributed by atoms with E-state index in [1.165, 1.54) is 18.3 Å². The molecule has 0 saturated carbocycles. The summed E-state index contributed by atoms with van der Waals surface area (Å²) in [4.78, 5) is 23.8. The average Bonchev–Trinajstić information content (AvgIpc) is 2.70. The third-order valence-corrected chi connectivity index (χ3v) is 4.33. The highest BCUT2D eigenvalue weighted by atomic mass is 35.5. The van der Waals surface area contributed by atoms with E-state index in [9.17, 15) is 9.59 Å². The molecule has 0 spiro atoms. The van der Waals surface area contributed by atoms with Gasteiger partial charge in [-0.15, -0.1) is 11.3 Å². The number of anilines is 1. The maximum atomic E-state index is 12.1. The fourth-order valence-electron chi connectivity index (χ4n) is 1.59. The van der Waals surface area contributed by atoms with Crippen LogP contribution in [0.1, 0.15) is 32.5 Å².